The topological polar surface area (TPSA) is 57.2 Å². The largest absolute Gasteiger partial charge is 0.469 e. The fourth-order valence-electron chi connectivity index (χ4n) is 2.92. The number of hydrogen-bond acceptors (Lipinski definition) is 4. The van der Waals surface area contributed by atoms with Crippen molar-refractivity contribution in [3.8, 4) is 0 Å². The number of rotatable bonds is 7. The number of esters is 1. The molecule has 1 saturated heterocycles. The first-order valence-electron chi connectivity index (χ1n) is 9.24. The molecule has 1 aliphatic heterocycles. The van der Waals surface area contributed by atoms with Crippen LogP contribution in [0.15, 0.2) is 29.3 Å². The van der Waals surface area contributed by atoms with Crippen LogP contribution in [0.2, 0.25) is 0 Å². The molecule has 0 saturated carbocycles. The van der Waals surface area contributed by atoms with E-state index in [-0.39, 0.29) is 35.8 Å². The van der Waals surface area contributed by atoms with Gasteiger partial charge in [0.2, 0.25) is 0 Å². The number of methoxy groups -OCH3 is 1. The van der Waals surface area contributed by atoms with Crippen LogP contribution in [-0.2, 0) is 9.53 Å². The highest BCUT2D eigenvalue weighted by Crippen LogP contribution is 2.17. The van der Waals surface area contributed by atoms with Crippen molar-refractivity contribution in [1.29, 1.82) is 0 Å². The molecule has 8 heteroatoms. The first kappa shape index (κ1) is 23.5. The van der Waals surface area contributed by atoms with E-state index in [4.69, 9.17) is 0 Å². The summed E-state index contributed by atoms with van der Waals surface area (Å²) in [7, 11) is 1.41. The van der Waals surface area contributed by atoms with E-state index in [0.717, 1.165) is 57.2 Å². The summed E-state index contributed by atoms with van der Waals surface area (Å²) in [5.41, 5.74) is 1.05. The van der Waals surface area contributed by atoms with Crippen molar-refractivity contribution >= 4 is 41.6 Å². The SMILES string of the molecule is CCNC(=NCCCCC(=O)OC)N1CCN(c2ccc(F)cc2)CC1.I. The lowest BCUT2D eigenvalue weighted by Crippen LogP contribution is -2.52. The van der Waals surface area contributed by atoms with Gasteiger partial charge in [-0.15, -0.1) is 24.0 Å². The Hall–Kier alpha value is -1.58. The highest BCUT2D eigenvalue weighted by atomic mass is 127. The summed E-state index contributed by atoms with van der Waals surface area (Å²) >= 11 is 0. The second-order valence-electron chi connectivity index (χ2n) is 6.22. The molecule has 0 atom stereocenters. The maximum Gasteiger partial charge on any atom is 0.305 e. The molecule has 1 N–H and O–H groups in total. The van der Waals surface area contributed by atoms with Crippen LogP contribution in [0.3, 0.4) is 0 Å². The Bertz CT molecular complexity index is 590. The number of piperazine rings is 1. The van der Waals surface area contributed by atoms with Gasteiger partial charge in [-0.25, -0.2) is 4.39 Å². The van der Waals surface area contributed by atoms with Crippen LogP contribution in [0.25, 0.3) is 0 Å². The summed E-state index contributed by atoms with van der Waals surface area (Å²) in [5.74, 6) is 0.545. The van der Waals surface area contributed by atoms with Gasteiger partial charge in [-0.05, 0) is 44.0 Å². The molecule has 152 valence electrons. The number of guanidine groups is 1. The molecule has 1 aromatic carbocycles. The summed E-state index contributed by atoms with van der Waals surface area (Å²) < 4.78 is 17.7. The van der Waals surface area contributed by atoms with Crippen LogP contribution >= 0.6 is 24.0 Å². The van der Waals surface area contributed by atoms with Crippen LogP contribution in [0.4, 0.5) is 10.1 Å². The molecule has 0 spiro atoms. The third kappa shape index (κ3) is 7.90. The molecule has 2 rings (SSSR count). The Morgan fingerprint density at radius 1 is 1.19 bits per heavy atom. The van der Waals surface area contributed by atoms with E-state index in [1.807, 2.05) is 12.1 Å². The van der Waals surface area contributed by atoms with E-state index in [2.05, 4.69) is 31.8 Å². The zero-order valence-electron chi connectivity index (χ0n) is 16.1. The van der Waals surface area contributed by atoms with Gasteiger partial charge in [0, 0.05) is 51.4 Å². The number of hydrogen-bond donors (Lipinski definition) is 1. The van der Waals surface area contributed by atoms with Gasteiger partial charge in [-0.1, -0.05) is 0 Å². The average molecular weight is 492 g/mol. The third-order valence-electron chi connectivity index (χ3n) is 4.38. The quantitative estimate of drug-likeness (QED) is 0.209. The smallest absolute Gasteiger partial charge is 0.305 e. The van der Waals surface area contributed by atoms with Crippen molar-refractivity contribution in [2.45, 2.75) is 26.2 Å². The van der Waals surface area contributed by atoms with Crippen LogP contribution in [0, 0.1) is 5.82 Å². The Kier molecular flexibility index (Phi) is 11.1. The maximum absolute atomic E-state index is 13.1. The van der Waals surface area contributed by atoms with E-state index in [1.54, 1.807) is 0 Å². The summed E-state index contributed by atoms with van der Waals surface area (Å²) in [4.78, 5) is 20.3. The molecule has 0 amide bonds. The molecule has 0 aliphatic carbocycles. The number of nitrogens with one attached hydrogen (secondary N) is 1. The minimum atomic E-state index is -0.207. The van der Waals surface area contributed by atoms with E-state index >= 15 is 0 Å². The fourth-order valence-corrected chi connectivity index (χ4v) is 2.92. The lowest BCUT2D eigenvalue weighted by molar-refractivity contribution is -0.140. The normalized spacial score (nSPS) is 14.6. The van der Waals surface area contributed by atoms with Crippen molar-refractivity contribution in [2.75, 3.05) is 51.3 Å². The molecule has 0 radical (unpaired) electrons. The molecule has 0 unspecified atom stereocenters. The first-order chi connectivity index (χ1) is 12.6. The van der Waals surface area contributed by atoms with Crippen LogP contribution < -0.4 is 10.2 Å². The first-order valence-corrected chi connectivity index (χ1v) is 9.24. The number of nitrogens with zero attached hydrogens (tertiary/aromatic N) is 3. The van der Waals surface area contributed by atoms with Gasteiger partial charge >= 0.3 is 5.97 Å². The number of benzene rings is 1. The van der Waals surface area contributed by atoms with Crippen LogP contribution in [0.5, 0.6) is 0 Å². The van der Waals surface area contributed by atoms with Gasteiger partial charge in [-0.3, -0.25) is 9.79 Å². The Labute approximate surface area is 178 Å². The lowest BCUT2D eigenvalue weighted by Gasteiger charge is -2.37. The lowest BCUT2D eigenvalue weighted by atomic mass is 10.2. The molecular weight excluding hydrogens is 462 g/mol. The van der Waals surface area contributed by atoms with Crippen molar-refractivity contribution < 1.29 is 13.9 Å². The van der Waals surface area contributed by atoms with E-state index < -0.39 is 0 Å². The van der Waals surface area contributed by atoms with E-state index in [1.165, 1.54) is 19.2 Å². The van der Waals surface area contributed by atoms with Crippen molar-refractivity contribution in [2.24, 2.45) is 4.99 Å². The third-order valence-corrected chi connectivity index (χ3v) is 4.38. The standard InChI is InChI=1S/C19H29FN4O2.HI/c1-3-21-19(22-11-5-4-6-18(25)26-2)24-14-12-23(13-15-24)17-9-7-16(20)8-10-17;/h7-10H,3-6,11-15H2,1-2H3,(H,21,22);1H. The van der Waals surface area contributed by atoms with Crippen LogP contribution in [-0.4, -0.2) is 63.2 Å². The number of ether oxygens (including phenoxy) is 1. The average Bonchev–Trinajstić information content (AvgIpc) is 2.67. The molecular formula is C19H30FIN4O2. The van der Waals surface area contributed by atoms with Gasteiger partial charge in [0.15, 0.2) is 5.96 Å². The molecule has 1 aliphatic rings. The second kappa shape index (κ2) is 12.7. The number of anilines is 1. The van der Waals surface area contributed by atoms with Gasteiger partial charge < -0.3 is 19.9 Å². The molecule has 6 nitrogen and oxygen atoms in total. The second-order valence-corrected chi connectivity index (χ2v) is 6.22. The predicted molar refractivity (Wildman–Crippen MR) is 117 cm³/mol. The zero-order valence-corrected chi connectivity index (χ0v) is 18.4. The van der Waals surface area contributed by atoms with Gasteiger partial charge in [-0.2, -0.15) is 0 Å². The Morgan fingerprint density at radius 2 is 1.85 bits per heavy atom. The Balaban J connectivity index is 0.00000364. The van der Waals surface area contributed by atoms with Crippen molar-refractivity contribution in [3.63, 3.8) is 0 Å². The van der Waals surface area contributed by atoms with E-state index in [0.29, 0.717) is 13.0 Å². The highest BCUT2D eigenvalue weighted by Gasteiger charge is 2.19. The summed E-state index contributed by atoms with van der Waals surface area (Å²) in [6.45, 7) is 7.05. The number of unbranched alkanes of at least 4 members (excludes halogenated alkanes) is 1. The monoisotopic (exact) mass is 492 g/mol. The predicted octanol–water partition coefficient (Wildman–Crippen LogP) is 2.87. The number of carbonyl (C=O) groups is 1. The minimum absolute atomic E-state index is 0. The van der Waals surface area contributed by atoms with Crippen molar-refractivity contribution in [3.05, 3.63) is 30.1 Å². The highest BCUT2D eigenvalue weighted by molar-refractivity contribution is 14.0. The molecule has 0 aromatic heterocycles. The number of aliphatic imine (C=N–C) groups is 1. The van der Waals surface area contributed by atoms with Gasteiger partial charge in [0.25, 0.3) is 0 Å². The molecule has 1 heterocycles. The van der Waals surface area contributed by atoms with Crippen molar-refractivity contribution in [1.82, 2.24) is 10.2 Å². The molecule has 1 fully saturated rings. The fraction of sp³-hybridized carbons (Fsp3) is 0.579. The van der Waals surface area contributed by atoms with E-state index in [9.17, 15) is 9.18 Å². The summed E-state index contributed by atoms with van der Waals surface area (Å²) in [6.07, 6.45) is 2.09. The molecule has 1 aromatic rings. The maximum atomic E-state index is 13.1. The summed E-state index contributed by atoms with van der Waals surface area (Å²) in [6, 6.07) is 6.65. The Morgan fingerprint density at radius 3 is 2.44 bits per heavy atom. The zero-order chi connectivity index (χ0) is 18.8. The summed E-state index contributed by atoms with van der Waals surface area (Å²) in [5, 5.41) is 3.34. The molecule has 0 bridgehead atoms. The molecule has 27 heavy (non-hydrogen) atoms. The van der Waals surface area contributed by atoms with Gasteiger partial charge in [0.05, 0.1) is 7.11 Å². The minimum Gasteiger partial charge on any atom is -0.469 e. The number of halogens is 2. The van der Waals surface area contributed by atoms with Gasteiger partial charge in [0.1, 0.15) is 5.82 Å². The van der Waals surface area contributed by atoms with Crippen LogP contribution in [0.1, 0.15) is 26.2 Å². The number of carbonyl (C=O) groups excluding carboxylic acids is 1.